The highest BCUT2D eigenvalue weighted by atomic mass is 35.5. The van der Waals surface area contributed by atoms with Gasteiger partial charge in [-0.2, -0.15) is 0 Å². The van der Waals surface area contributed by atoms with Crippen molar-refractivity contribution in [3.8, 4) is 0 Å². The Labute approximate surface area is 130 Å². The average molecular weight is 320 g/mol. The molecule has 7 heteroatoms. The van der Waals surface area contributed by atoms with Crippen molar-refractivity contribution in [2.24, 2.45) is 5.16 Å². The number of benzene rings is 1. The summed E-state index contributed by atoms with van der Waals surface area (Å²) in [6.07, 6.45) is 1.08. The van der Waals surface area contributed by atoms with E-state index in [0.717, 1.165) is 5.56 Å². The third-order valence-corrected chi connectivity index (χ3v) is 3.46. The van der Waals surface area contributed by atoms with Gasteiger partial charge in [-0.1, -0.05) is 28.9 Å². The fraction of sp³-hybridized carbons (Fsp3) is 0.133. The maximum atomic E-state index is 12.9. The predicted molar refractivity (Wildman–Crippen MR) is 80.3 cm³/mol. The highest BCUT2D eigenvalue weighted by molar-refractivity contribution is 6.32. The van der Waals surface area contributed by atoms with E-state index in [1.165, 1.54) is 18.3 Å². The number of anilines is 1. The quantitative estimate of drug-likeness (QED) is 0.885. The highest BCUT2D eigenvalue weighted by Gasteiger charge is 2.29. The molecule has 22 heavy (non-hydrogen) atoms. The van der Waals surface area contributed by atoms with Crippen LogP contribution in [0.15, 0.2) is 47.8 Å². The first-order chi connectivity index (χ1) is 10.6. The van der Waals surface area contributed by atoms with E-state index >= 15 is 0 Å². The normalized spacial score (nSPS) is 16.8. The van der Waals surface area contributed by atoms with Gasteiger partial charge in [0.05, 0.1) is 11.4 Å². The second-order valence-corrected chi connectivity index (χ2v) is 5.03. The van der Waals surface area contributed by atoms with Gasteiger partial charge in [0.2, 0.25) is 6.10 Å². The summed E-state index contributed by atoms with van der Waals surface area (Å²) in [6, 6.07) is 9.16. The zero-order valence-electron chi connectivity index (χ0n) is 11.3. The molecule has 0 spiro atoms. The van der Waals surface area contributed by atoms with E-state index in [1.807, 2.05) is 0 Å². The Balaban J connectivity index is 1.65. The van der Waals surface area contributed by atoms with Crippen LogP contribution < -0.4 is 5.32 Å². The van der Waals surface area contributed by atoms with E-state index in [4.69, 9.17) is 16.4 Å². The molecule has 0 fully saturated rings. The number of aromatic nitrogens is 1. The molecule has 0 saturated heterocycles. The first kappa shape index (κ1) is 14.5. The lowest BCUT2D eigenvalue weighted by molar-refractivity contribution is -0.125. The number of oxime groups is 1. The first-order valence-electron chi connectivity index (χ1n) is 6.53. The molecule has 1 aromatic carbocycles. The molecular formula is C15H11ClFN3O2. The van der Waals surface area contributed by atoms with E-state index < -0.39 is 6.10 Å². The third kappa shape index (κ3) is 3.07. The van der Waals surface area contributed by atoms with Crippen molar-refractivity contribution < 1.29 is 14.0 Å². The Morgan fingerprint density at radius 3 is 2.82 bits per heavy atom. The van der Waals surface area contributed by atoms with Crippen LogP contribution >= 0.6 is 11.6 Å². The van der Waals surface area contributed by atoms with Crippen LogP contribution in [-0.4, -0.2) is 22.7 Å². The molecule has 0 radical (unpaired) electrons. The van der Waals surface area contributed by atoms with Crippen LogP contribution in [0.25, 0.3) is 0 Å². The van der Waals surface area contributed by atoms with Crippen LogP contribution in [0.2, 0.25) is 5.15 Å². The van der Waals surface area contributed by atoms with Gasteiger partial charge in [0, 0.05) is 12.6 Å². The second-order valence-electron chi connectivity index (χ2n) is 4.67. The lowest BCUT2D eigenvalue weighted by Crippen LogP contribution is -2.28. The van der Waals surface area contributed by atoms with Crippen LogP contribution in [0.3, 0.4) is 0 Å². The van der Waals surface area contributed by atoms with Gasteiger partial charge >= 0.3 is 0 Å². The van der Waals surface area contributed by atoms with Gasteiger partial charge in [-0.25, -0.2) is 9.37 Å². The fourth-order valence-corrected chi connectivity index (χ4v) is 2.19. The van der Waals surface area contributed by atoms with Crippen LogP contribution in [0.5, 0.6) is 0 Å². The van der Waals surface area contributed by atoms with Crippen molar-refractivity contribution in [1.82, 2.24) is 4.98 Å². The Kier molecular flexibility index (Phi) is 4.02. The minimum Gasteiger partial charge on any atom is -0.382 e. The van der Waals surface area contributed by atoms with Gasteiger partial charge in [-0.3, -0.25) is 4.79 Å². The summed E-state index contributed by atoms with van der Waals surface area (Å²) in [5.74, 6) is -0.695. The number of nitrogens with one attached hydrogen (secondary N) is 1. The lowest BCUT2D eigenvalue weighted by Gasteiger charge is -2.10. The zero-order valence-corrected chi connectivity index (χ0v) is 12.0. The van der Waals surface area contributed by atoms with Gasteiger partial charge in [0.1, 0.15) is 5.82 Å². The van der Waals surface area contributed by atoms with E-state index in [2.05, 4.69) is 15.5 Å². The number of nitrogens with zero attached hydrogens (tertiary/aromatic N) is 2. The van der Waals surface area contributed by atoms with Gasteiger partial charge < -0.3 is 10.2 Å². The van der Waals surface area contributed by atoms with E-state index in [9.17, 15) is 9.18 Å². The molecule has 112 valence electrons. The number of amides is 1. The molecule has 0 unspecified atom stereocenters. The monoisotopic (exact) mass is 319 g/mol. The maximum Gasteiger partial charge on any atom is 0.268 e. The van der Waals surface area contributed by atoms with Crippen molar-refractivity contribution in [2.45, 2.75) is 12.5 Å². The van der Waals surface area contributed by atoms with E-state index in [-0.39, 0.29) is 16.9 Å². The van der Waals surface area contributed by atoms with E-state index in [0.29, 0.717) is 17.8 Å². The standard InChI is InChI=1S/C15H11ClFN3O2/c16-14-11(2-1-7-18-14)19-15(21)13-8-12(20-22-13)9-3-5-10(17)6-4-9/h1-7,13H,8H2,(H,19,21)/t13-/m1/s1. The number of rotatable bonds is 3. The van der Waals surface area contributed by atoms with Gasteiger partial charge in [-0.15, -0.1) is 0 Å². The number of hydrogen-bond donors (Lipinski definition) is 1. The third-order valence-electron chi connectivity index (χ3n) is 3.16. The minimum absolute atomic E-state index is 0.202. The predicted octanol–water partition coefficient (Wildman–Crippen LogP) is 3.01. The molecule has 0 aliphatic carbocycles. The first-order valence-corrected chi connectivity index (χ1v) is 6.91. The molecular weight excluding hydrogens is 309 g/mol. The topological polar surface area (TPSA) is 63.6 Å². The second kappa shape index (κ2) is 6.11. The van der Waals surface area contributed by atoms with Crippen LogP contribution in [-0.2, 0) is 9.63 Å². The van der Waals surface area contributed by atoms with Crippen molar-refractivity contribution in [3.05, 3.63) is 59.1 Å². The van der Waals surface area contributed by atoms with Gasteiger partial charge in [-0.05, 0) is 29.8 Å². The maximum absolute atomic E-state index is 12.9. The average Bonchev–Trinajstić information content (AvgIpc) is 3.00. The molecule has 3 rings (SSSR count). The van der Waals surface area contributed by atoms with Crippen LogP contribution in [0, 0.1) is 5.82 Å². The van der Waals surface area contributed by atoms with Crippen LogP contribution in [0.1, 0.15) is 12.0 Å². The largest absolute Gasteiger partial charge is 0.382 e. The molecule has 1 aliphatic rings. The molecule has 1 N–H and O–H groups in total. The molecule has 2 aromatic rings. The molecule has 0 saturated carbocycles. The SMILES string of the molecule is O=C(Nc1cccnc1Cl)[C@H]1CC(c2ccc(F)cc2)=NO1. The molecule has 5 nitrogen and oxygen atoms in total. The number of pyridine rings is 1. The Hall–Kier alpha value is -2.47. The lowest BCUT2D eigenvalue weighted by atomic mass is 10.0. The summed E-state index contributed by atoms with van der Waals surface area (Å²) in [6.45, 7) is 0. The number of carbonyl (C=O) groups is 1. The zero-order chi connectivity index (χ0) is 15.5. The Morgan fingerprint density at radius 2 is 2.09 bits per heavy atom. The number of halogens is 2. The van der Waals surface area contributed by atoms with Crippen molar-refractivity contribution in [2.75, 3.05) is 5.32 Å². The molecule has 1 aromatic heterocycles. The Morgan fingerprint density at radius 1 is 1.32 bits per heavy atom. The van der Waals surface area contributed by atoms with Crippen LogP contribution in [0.4, 0.5) is 10.1 Å². The summed E-state index contributed by atoms with van der Waals surface area (Å²) in [7, 11) is 0. The summed E-state index contributed by atoms with van der Waals surface area (Å²) < 4.78 is 12.9. The Bertz CT molecular complexity index is 734. The molecule has 1 amide bonds. The number of hydrogen-bond acceptors (Lipinski definition) is 4. The fourth-order valence-electron chi connectivity index (χ4n) is 2.02. The van der Waals surface area contributed by atoms with E-state index in [1.54, 1.807) is 24.3 Å². The summed E-state index contributed by atoms with van der Waals surface area (Å²) in [4.78, 5) is 21.2. The number of carbonyl (C=O) groups excluding carboxylic acids is 1. The summed E-state index contributed by atoms with van der Waals surface area (Å²) in [5, 5.41) is 6.73. The molecule has 1 atom stereocenters. The highest BCUT2D eigenvalue weighted by Crippen LogP contribution is 2.21. The summed E-state index contributed by atoms with van der Waals surface area (Å²) in [5.41, 5.74) is 1.72. The molecule has 2 heterocycles. The molecule has 1 aliphatic heterocycles. The van der Waals surface area contributed by atoms with Gasteiger partial charge in [0.25, 0.3) is 5.91 Å². The summed E-state index contributed by atoms with van der Waals surface area (Å²) >= 11 is 5.88. The van der Waals surface area contributed by atoms with Crippen molar-refractivity contribution >= 4 is 28.9 Å². The smallest absolute Gasteiger partial charge is 0.268 e. The minimum atomic E-state index is -0.753. The van der Waals surface area contributed by atoms with Crippen molar-refractivity contribution in [1.29, 1.82) is 0 Å². The van der Waals surface area contributed by atoms with Gasteiger partial charge in [0.15, 0.2) is 5.15 Å². The van der Waals surface area contributed by atoms with Crippen molar-refractivity contribution in [3.63, 3.8) is 0 Å². The molecule has 0 bridgehead atoms.